The lowest BCUT2D eigenvalue weighted by molar-refractivity contribution is 0.461. The van der Waals surface area contributed by atoms with Crippen molar-refractivity contribution in [3.63, 3.8) is 0 Å². The molecule has 0 aromatic heterocycles. The molecule has 0 aliphatic carbocycles. The molecule has 3 N–H and O–H groups in total. The molecule has 0 amide bonds. The fourth-order valence-corrected chi connectivity index (χ4v) is 3.33. The van der Waals surface area contributed by atoms with Crippen LogP contribution >= 0.6 is 24.0 Å². The van der Waals surface area contributed by atoms with Gasteiger partial charge >= 0.3 is 0 Å². The maximum Gasteiger partial charge on any atom is 0.208 e. The minimum Gasteiger partial charge on any atom is -0.371 e. The zero-order chi connectivity index (χ0) is 19.0. The molecule has 0 bridgehead atoms. The predicted octanol–water partition coefficient (Wildman–Crippen LogP) is 1.52. The molecule has 1 saturated heterocycles. The molecule has 0 atom stereocenters. The Kier molecular flexibility index (Phi) is 10.3. The highest BCUT2D eigenvalue weighted by atomic mass is 127. The predicted molar refractivity (Wildman–Crippen MR) is 119 cm³/mol. The molecule has 1 heterocycles. The van der Waals surface area contributed by atoms with Crippen LogP contribution in [-0.4, -0.2) is 59.4 Å². The van der Waals surface area contributed by atoms with E-state index in [0.29, 0.717) is 12.5 Å². The van der Waals surface area contributed by atoms with Crippen molar-refractivity contribution < 1.29 is 12.8 Å². The Labute approximate surface area is 178 Å². The van der Waals surface area contributed by atoms with E-state index in [9.17, 15) is 12.8 Å². The maximum atomic E-state index is 13.4. The van der Waals surface area contributed by atoms with E-state index >= 15 is 0 Å². The third-order valence-corrected chi connectivity index (χ3v) is 4.83. The lowest BCUT2D eigenvalue weighted by Gasteiger charge is -2.34. The van der Waals surface area contributed by atoms with Gasteiger partial charge in [-0.15, -0.1) is 24.0 Å². The number of nitrogens with zero attached hydrogens (tertiary/aromatic N) is 2. The van der Waals surface area contributed by atoms with Crippen LogP contribution in [0.5, 0.6) is 0 Å². The van der Waals surface area contributed by atoms with Gasteiger partial charge in [-0.1, -0.05) is 6.07 Å². The average molecular weight is 513 g/mol. The van der Waals surface area contributed by atoms with Crippen LogP contribution in [-0.2, 0) is 10.0 Å². The van der Waals surface area contributed by atoms with Gasteiger partial charge in [0.2, 0.25) is 10.0 Å². The second kappa shape index (κ2) is 11.6. The van der Waals surface area contributed by atoms with Gasteiger partial charge in [-0.3, -0.25) is 4.99 Å². The number of hydrogen-bond donors (Lipinski definition) is 3. The first-order chi connectivity index (χ1) is 12.4. The van der Waals surface area contributed by atoms with Crippen molar-refractivity contribution in [1.82, 2.24) is 15.4 Å². The number of piperidine rings is 1. The largest absolute Gasteiger partial charge is 0.371 e. The van der Waals surface area contributed by atoms with Crippen LogP contribution in [0.2, 0.25) is 0 Å². The quantitative estimate of drug-likeness (QED) is 0.223. The highest BCUT2D eigenvalue weighted by Gasteiger charge is 2.20. The maximum absolute atomic E-state index is 13.4. The van der Waals surface area contributed by atoms with Gasteiger partial charge in [0.1, 0.15) is 5.82 Å². The van der Waals surface area contributed by atoms with Gasteiger partial charge in [0.05, 0.1) is 12.8 Å². The molecule has 7 nitrogen and oxygen atoms in total. The van der Waals surface area contributed by atoms with Gasteiger partial charge in [0.25, 0.3) is 0 Å². The summed E-state index contributed by atoms with van der Waals surface area (Å²) in [5.41, 5.74) is 0.913. The normalized spacial score (nSPS) is 16.0. The molecular weight excluding hydrogens is 484 g/mol. The summed E-state index contributed by atoms with van der Waals surface area (Å²) in [4.78, 5) is 6.59. The Hall–Kier alpha value is -1.14. The smallest absolute Gasteiger partial charge is 0.208 e. The molecule has 10 heteroatoms. The second-order valence-electron chi connectivity index (χ2n) is 6.31. The average Bonchev–Trinajstić information content (AvgIpc) is 2.58. The van der Waals surface area contributed by atoms with Crippen LogP contribution in [0.1, 0.15) is 19.8 Å². The first-order valence-corrected chi connectivity index (χ1v) is 10.8. The highest BCUT2D eigenvalue weighted by Crippen LogP contribution is 2.20. The van der Waals surface area contributed by atoms with E-state index in [1.54, 1.807) is 12.1 Å². The summed E-state index contributed by atoms with van der Waals surface area (Å²) in [5.74, 6) is 0.471. The molecule has 1 aliphatic heterocycles. The van der Waals surface area contributed by atoms with E-state index in [4.69, 9.17) is 0 Å². The number of sulfonamides is 1. The van der Waals surface area contributed by atoms with Crippen LogP contribution in [0.15, 0.2) is 29.3 Å². The van der Waals surface area contributed by atoms with Crippen molar-refractivity contribution in [2.75, 3.05) is 43.9 Å². The first-order valence-electron chi connectivity index (χ1n) is 8.87. The number of aliphatic imine (C=N–C) groups is 1. The minimum absolute atomic E-state index is 0. The van der Waals surface area contributed by atoms with Crippen LogP contribution < -0.4 is 20.3 Å². The molecule has 0 spiro atoms. The summed E-state index contributed by atoms with van der Waals surface area (Å²) in [6.07, 6.45) is 2.97. The fraction of sp³-hybridized carbons (Fsp3) is 0.588. The molecule has 1 fully saturated rings. The molecule has 0 unspecified atom stereocenters. The standard InChI is InChI=1S/C17H28FN5O2S.HI/c1-3-19-17(20-9-10-21-26(2,24)25)22-15-7-11-23(12-8-15)16-6-4-5-14(18)13-16;/h4-6,13,15,21H,3,7-12H2,1-2H3,(H2,19,20,22);1H. The van der Waals surface area contributed by atoms with Crippen molar-refractivity contribution in [3.05, 3.63) is 30.1 Å². The molecule has 1 aromatic carbocycles. The number of anilines is 1. The molecule has 1 aliphatic rings. The van der Waals surface area contributed by atoms with Crippen molar-refractivity contribution in [2.45, 2.75) is 25.8 Å². The summed E-state index contributed by atoms with van der Waals surface area (Å²) in [6, 6.07) is 6.96. The van der Waals surface area contributed by atoms with Gasteiger partial charge in [0, 0.05) is 37.9 Å². The van der Waals surface area contributed by atoms with Crippen molar-refractivity contribution >= 4 is 45.6 Å². The molecular formula is C17H29FIN5O2S. The number of hydrogen-bond acceptors (Lipinski definition) is 4. The monoisotopic (exact) mass is 513 g/mol. The lowest BCUT2D eigenvalue weighted by Crippen LogP contribution is -2.49. The summed E-state index contributed by atoms with van der Waals surface area (Å²) < 4.78 is 37.9. The third-order valence-electron chi connectivity index (χ3n) is 4.10. The first kappa shape index (κ1) is 23.9. The molecule has 154 valence electrons. The third kappa shape index (κ3) is 9.06. The number of rotatable bonds is 7. The number of benzene rings is 1. The van der Waals surface area contributed by atoms with Crippen molar-refractivity contribution in [3.8, 4) is 0 Å². The van der Waals surface area contributed by atoms with E-state index in [-0.39, 0.29) is 42.4 Å². The van der Waals surface area contributed by atoms with Crippen LogP contribution in [0, 0.1) is 5.82 Å². The van der Waals surface area contributed by atoms with Gasteiger partial charge in [-0.2, -0.15) is 0 Å². The molecule has 0 saturated carbocycles. The number of guanidine groups is 1. The second-order valence-corrected chi connectivity index (χ2v) is 8.15. The Morgan fingerprint density at radius 2 is 2.04 bits per heavy atom. The van der Waals surface area contributed by atoms with Gasteiger partial charge in [0.15, 0.2) is 5.96 Å². The van der Waals surface area contributed by atoms with Crippen molar-refractivity contribution in [1.29, 1.82) is 0 Å². The van der Waals surface area contributed by atoms with Crippen LogP contribution in [0.4, 0.5) is 10.1 Å². The van der Waals surface area contributed by atoms with Gasteiger partial charge in [-0.25, -0.2) is 17.5 Å². The van der Waals surface area contributed by atoms with E-state index < -0.39 is 10.0 Å². The molecule has 27 heavy (non-hydrogen) atoms. The molecule has 2 rings (SSSR count). The van der Waals surface area contributed by atoms with E-state index in [1.165, 1.54) is 6.07 Å². The Morgan fingerprint density at radius 3 is 2.63 bits per heavy atom. The minimum atomic E-state index is -3.19. The molecule has 1 aromatic rings. The summed E-state index contributed by atoms with van der Waals surface area (Å²) in [6.45, 7) is 5.04. The Morgan fingerprint density at radius 1 is 1.33 bits per heavy atom. The number of halogens is 2. The topological polar surface area (TPSA) is 85.8 Å². The Bertz CT molecular complexity index is 709. The zero-order valence-electron chi connectivity index (χ0n) is 15.7. The highest BCUT2D eigenvalue weighted by molar-refractivity contribution is 14.0. The van der Waals surface area contributed by atoms with Gasteiger partial charge < -0.3 is 15.5 Å². The lowest BCUT2D eigenvalue weighted by atomic mass is 10.0. The summed E-state index contributed by atoms with van der Waals surface area (Å²) in [7, 11) is -3.19. The Balaban J connectivity index is 0.00000364. The van der Waals surface area contributed by atoms with Crippen molar-refractivity contribution in [2.24, 2.45) is 4.99 Å². The SMILES string of the molecule is CCNC(=NCCNS(C)(=O)=O)NC1CCN(c2cccc(F)c2)CC1.I. The van der Waals surface area contributed by atoms with Crippen LogP contribution in [0.3, 0.4) is 0 Å². The van der Waals surface area contributed by atoms with E-state index in [1.807, 2.05) is 13.0 Å². The number of nitrogens with one attached hydrogen (secondary N) is 3. The van der Waals surface area contributed by atoms with E-state index in [0.717, 1.165) is 44.4 Å². The summed E-state index contributed by atoms with van der Waals surface area (Å²) in [5, 5.41) is 6.58. The van der Waals surface area contributed by atoms with Crippen LogP contribution in [0.25, 0.3) is 0 Å². The zero-order valence-corrected chi connectivity index (χ0v) is 18.9. The summed E-state index contributed by atoms with van der Waals surface area (Å²) >= 11 is 0. The fourth-order valence-electron chi connectivity index (χ4n) is 2.87. The molecule has 0 radical (unpaired) electrons. The van der Waals surface area contributed by atoms with E-state index in [2.05, 4.69) is 25.2 Å². The van der Waals surface area contributed by atoms with Gasteiger partial charge in [-0.05, 0) is 38.0 Å².